The quantitative estimate of drug-likeness (QED) is 0.490. The van der Waals surface area contributed by atoms with E-state index in [1.807, 2.05) is 38.1 Å². The molecule has 0 nitrogen and oxygen atoms in total. The molecular formula is C24H28F2P2. The third-order valence-electron chi connectivity index (χ3n) is 6.30. The van der Waals surface area contributed by atoms with Crippen LogP contribution in [0.4, 0.5) is 8.78 Å². The fourth-order valence-corrected chi connectivity index (χ4v) is 9.08. The Balaban J connectivity index is 2.19. The van der Waals surface area contributed by atoms with E-state index in [1.54, 1.807) is 12.1 Å². The fraction of sp³-hybridized carbons (Fsp3) is 0.375. The Labute approximate surface area is 170 Å². The molecule has 2 aromatic rings. The third-order valence-corrected chi connectivity index (χ3v) is 11.3. The number of allylic oxidation sites excluding steroid dienone is 2. The third kappa shape index (κ3) is 3.62. The van der Waals surface area contributed by atoms with Crippen molar-refractivity contribution in [3.05, 3.63) is 70.3 Å². The van der Waals surface area contributed by atoms with Crippen LogP contribution >= 0.6 is 16.1 Å². The van der Waals surface area contributed by atoms with E-state index in [4.69, 9.17) is 0 Å². The van der Waals surface area contributed by atoms with Crippen LogP contribution in [0.25, 0.3) is 0 Å². The van der Waals surface area contributed by atoms with E-state index in [0.717, 1.165) is 10.6 Å². The predicted octanol–water partition coefficient (Wildman–Crippen LogP) is 6.65. The van der Waals surface area contributed by atoms with E-state index in [1.165, 1.54) is 24.6 Å². The second kappa shape index (κ2) is 7.81. The molecule has 0 radical (unpaired) electrons. The lowest BCUT2D eigenvalue weighted by Gasteiger charge is -2.38. The van der Waals surface area contributed by atoms with Crippen LogP contribution in [0.5, 0.6) is 0 Å². The largest absolute Gasteiger partial charge is 0.207 e. The van der Waals surface area contributed by atoms with Crippen molar-refractivity contribution in [2.24, 2.45) is 0 Å². The molecule has 0 saturated heterocycles. The van der Waals surface area contributed by atoms with Crippen molar-refractivity contribution in [2.45, 2.75) is 59.3 Å². The smallest absolute Gasteiger partial charge is 0.126 e. The first kappa shape index (κ1) is 21.4. The highest BCUT2D eigenvalue weighted by Gasteiger charge is 2.41. The first-order chi connectivity index (χ1) is 13.1. The van der Waals surface area contributed by atoms with Gasteiger partial charge in [-0.05, 0) is 106 Å². The van der Waals surface area contributed by atoms with Crippen molar-refractivity contribution in [3.8, 4) is 0 Å². The molecule has 0 saturated carbocycles. The first-order valence-corrected chi connectivity index (χ1v) is 11.9. The van der Waals surface area contributed by atoms with Crippen molar-refractivity contribution in [2.75, 3.05) is 0 Å². The van der Waals surface area contributed by atoms with Crippen molar-refractivity contribution >= 4 is 32.0 Å². The summed E-state index contributed by atoms with van der Waals surface area (Å²) in [5, 5.41) is 3.75. The van der Waals surface area contributed by atoms with Gasteiger partial charge >= 0.3 is 0 Å². The average molecular weight is 416 g/mol. The molecular weight excluding hydrogens is 388 g/mol. The molecule has 0 spiro atoms. The zero-order chi connectivity index (χ0) is 20.8. The standard InChI is InChI=1S/C24H28F2P2/c1-14-12-20(8-10-22(14)25)28(21-9-11-23(26)15(2)13-21)19(6)24(7)17(4)16(3)18(5)27-24/h8-13,19H,1-7H3. The predicted molar refractivity (Wildman–Crippen MR) is 122 cm³/mol. The van der Waals surface area contributed by atoms with Crippen LogP contribution in [0, 0.1) is 25.5 Å². The lowest BCUT2D eigenvalue weighted by molar-refractivity contribution is 0.619. The Bertz CT molecular complexity index is 939. The number of rotatable bonds is 4. The van der Waals surface area contributed by atoms with Gasteiger partial charge in [-0.2, -0.15) is 0 Å². The lowest BCUT2D eigenvalue weighted by atomic mass is 9.93. The maximum Gasteiger partial charge on any atom is 0.126 e. The Hall–Kier alpha value is -1.36. The van der Waals surface area contributed by atoms with Gasteiger partial charge in [-0.3, -0.25) is 0 Å². The molecule has 0 aromatic heterocycles. The summed E-state index contributed by atoms with van der Waals surface area (Å²) in [6.45, 7) is 15.0. The summed E-state index contributed by atoms with van der Waals surface area (Å²) >= 11 is 0. The van der Waals surface area contributed by atoms with Crippen molar-refractivity contribution < 1.29 is 8.78 Å². The minimum atomic E-state index is -0.781. The Morgan fingerprint density at radius 2 is 1.32 bits per heavy atom. The van der Waals surface area contributed by atoms with Gasteiger partial charge in [0.2, 0.25) is 0 Å². The van der Waals surface area contributed by atoms with E-state index >= 15 is 0 Å². The monoisotopic (exact) mass is 416 g/mol. The summed E-state index contributed by atoms with van der Waals surface area (Å²) in [7, 11) is 0.561. The van der Waals surface area contributed by atoms with Crippen LogP contribution in [-0.4, -0.2) is 16.1 Å². The molecule has 2 unspecified atom stereocenters. The van der Waals surface area contributed by atoms with E-state index in [9.17, 15) is 8.78 Å². The van der Waals surface area contributed by atoms with Gasteiger partial charge in [-0.15, -0.1) is 0 Å². The van der Waals surface area contributed by atoms with Gasteiger partial charge in [0, 0.05) is 10.8 Å². The molecule has 1 aliphatic heterocycles. The summed E-state index contributed by atoms with van der Waals surface area (Å²) in [4.78, 5) is 0. The Morgan fingerprint density at radius 1 is 0.857 bits per heavy atom. The summed E-state index contributed by atoms with van der Waals surface area (Å²) in [5.74, 6) is -0.356. The molecule has 0 aliphatic carbocycles. The lowest BCUT2D eigenvalue weighted by Crippen LogP contribution is -2.36. The Morgan fingerprint density at radius 3 is 1.68 bits per heavy atom. The topological polar surface area (TPSA) is 0 Å². The highest BCUT2D eigenvalue weighted by molar-refractivity contribution is 7.74. The van der Waals surface area contributed by atoms with E-state index in [2.05, 4.69) is 34.6 Å². The van der Waals surface area contributed by atoms with Crippen LogP contribution < -0.4 is 10.6 Å². The van der Waals surface area contributed by atoms with Gasteiger partial charge in [-0.25, -0.2) is 8.78 Å². The molecule has 148 valence electrons. The molecule has 28 heavy (non-hydrogen) atoms. The average Bonchev–Trinajstić information content (AvgIpc) is 2.85. The summed E-state index contributed by atoms with van der Waals surface area (Å²) in [6, 6.07) is 10.9. The van der Waals surface area contributed by atoms with Gasteiger partial charge in [0.1, 0.15) is 11.6 Å². The zero-order valence-electron chi connectivity index (χ0n) is 17.7. The van der Waals surface area contributed by atoms with Gasteiger partial charge in [0.05, 0.1) is 0 Å². The van der Waals surface area contributed by atoms with Crippen molar-refractivity contribution in [1.29, 1.82) is 0 Å². The van der Waals surface area contributed by atoms with Crippen LogP contribution in [0.2, 0.25) is 0 Å². The molecule has 2 aromatic carbocycles. The SMILES string of the molecule is CC1=PC(C)(C(C)P(c2ccc(F)c(C)c2)c2ccc(F)c(C)c2)C(C)=C1C. The van der Waals surface area contributed by atoms with Crippen LogP contribution in [0.1, 0.15) is 45.7 Å². The number of hydrogen-bond donors (Lipinski definition) is 0. The van der Waals surface area contributed by atoms with Gasteiger partial charge in [-0.1, -0.05) is 32.8 Å². The summed E-state index contributed by atoms with van der Waals surface area (Å²) < 4.78 is 27.9. The molecule has 0 amide bonds. The van der Waals surface area contributed by atoms with Gasteiger partial charge < -0.3 is 0 Å². The van der Waals surface area contributed by atoms with E-state index < -0.39 is 7.92 Å². The molecule has 0 fully saturated rings. The number of benzene rings is 2. The maximum absolute atomic E-state index is 14.0. The van der Waals surface area contributed by atoms with Crippen molar-refractivity contribution in [3.63, 3.8) is 0 Å². The first-order valence-electron chi connectivity index (χ1n) is 9.62. The molecule has 0 bridgehead atoms. The van der Waals surface area contributed by atoms with Crippen molar-refractivity contribution in [1.82, 2.24) is 0 Å². The van der Waals surface area contributed by atoms with Crippen LogP contribution in [0.15, 0.2) is 47.5 Å². The van der Waals surface area contributed by atoms with Gasteiger partial charge in [0.25, 0.3) is 0 Å². The van der Waals surface area contributed by atoms with Crippen LogP contribution in [-0.2, 0) is 0 Å². The minimum absolute atomic E-state index is 0.0183. The Kier molecular flexibility index (Phi) is 5.96. The molecule has 3 rings (SSSR count). The zero-order valence-corrected chi connectivity index (χ0v) is 19.5. The maximum atomic E-state index is 14.0. The molecule has 0 N–H and O–H groups in total. The molecule has 1 heterocycles. The number of aryl methyl sites for hydroxylation is 2. The number of hydrogen-bond acceptors (Lipinski definition) is 0. The van der Waals surface area contributed by atoms with Crippen LogP contribution in [0.3, 0.4) is 0 Å². The molecule has 1 aliphatic rings. The number of halogens is 2. The fourth-order valence-electron chi connectivity index (χ4n) is 3.98. The normalized spacial score (nSPS) is 21.3. The molecule has 2 atom stereocenters. The summed E-state index contributed by atoms with van der Waals surface area (Å²) in [5.41, 5.74) is 4.49. The highest BCUT2D eigenvalue weighted by Crippen LogP contribution is 2.55. The minimum Gasteiger partial charge on any atom is -0.207 e. The van der Waals surface area contributed by atoms with Gasteiger partial charge in [0.15, 0.2) is 0 Å². The summed E-state index contributed by atoms with van der Waals surface area (Å²) in [6.07, 6.45) is 0. The van der Waals surface area contributed by atoms with E-state index in [0.29, 0.717) is 16.8 Å². The highest BCUT2D eigenvalue weighted by atomic mass is 31.1. The van der Waals surface area contributed by atoms with E-state index in [-0.39, 0.29) is 16.8 Å². The second-order valence-electron chi connectivity index (χ2n) is 8.01. The molecule has 4 heteroatoms. The second-order valence-corrected chi connectivity index (χ2v) is 12.4.